The van der Waals surface area contributed by atoms with Crippen molar-refractivity contribution < 1.29 is 9.90 Å². The summed E-state index contributed by atoms with van der Waals surface area (Å²) < 4.78 is 0. The molecular weight excluding hydrogens is 282 g/mol. The fraction of sp³-hybridized carbons (Fsp3) is 0.588. The Kier molecular flexibility index (Phi) is 6.58. The van der Waals surface area contributed by atoms with Crippen molar-refractivity contribution in [2.45, 2.75) is 31.9 Å². The Morgan fingerprint density at radius 1 is 1.48 bits per heavy atom. The number of piperidine rings is 1. The summed E-state index contributed by atoms with van der Waals surface area (Å²) in [5, 5.41) is 9.03. The first-order valence-electron chi connectivity index (χ1n) is 7.71. The minimum absolute atomic E-state index is 0.231. The number of benzene rings is 1. The molecule has 2 rings (SSSR count). The molecule has 4 heteroatoms. The molecule has 0 radical (unpaired) electrons. The molecule has 1 amide bonds. The molecule has 3 nitrogen and oxygen atoms in total. The molecule has 1 heterocycles. The van der Waals surface area contributed by atoms with E-state index in [2.05, 4.69) is 31.2 Å². The lowest BCUT2D eigenvalue weighted by molar-refractivity contribution is -0.130. The van der Waals surface area contributed by atoms with Crippen molar-refractivity contribution >= 4 is 17.7 Å². The molecule has 1 aliphatic rings. The Bertz CT molecular complexity index is 462. The van der Waals surface area contributed by atoms with Crippen LogP contribution in [0.1, 0.15) is 30.4 Å². The molecular formula is C17H25NO2S. The van der Waals surface area contributed by atoms with E-state index in [4.69, 9.17) is 5.11 Å². The molecule has 0 spiro atoms. The quantitative estimate of drug-likeness (QED) is 0.878. The van der Waals surface area contributed by atoms with Gasteiger partial charge < -0.3 is 10.0 Å². The molecule has 1 fully saturated rings. The van der Waals surface area contributed by atoms with Crippen molar-refractivity contribution in [3.8, 4) is 0 Å². The zero-order chi connectivity index (χ0) is 15.1. The molecule has 1 N–H and O–H groups in total. The summed E-state index contributed by atoms with van der Waals surface area (Å²) in [6.07, 6.45) is 3.03. The number of hydrogen-bond donors (Lipinski definition) is 1. The van der Waals surface area contributed by atoms with E-state index in [9.17, 15) is 4.79 Å². The zero-order valence-corrected chi connectivity index (χ0v) is 13.6. The van der Waals surface area contributed by atoms with Gasteiger partial charge in [-0.05, 0) is 37.7 Å². The van der Waals surface area contributed by atoms with Crippen molar-refractivity contribution in [2.75, 3.05) is 25.4 Å². The fourth-order valence-electron chi connectivity index (χ4n) is 2.86. The Morgan fingerprint density at radius 2 is 2.33 bits per heavy atom. The highest BCUT2D eigenvalue weighted by molar-refractivity contribution is 7.99. The number of nitrogens with zero attached hydrogens (tertiary/aromatic N) is 1. The molecule has 0 aromatic heterocycles. The number of aryl methyl sites for hydroxylation is 1. The Balaban J connectivity index is 1.74. The maximum Gasteiger partial charge on any atom is 0.232 e. The first-order chi connectivity index (χ1) is 10.2. The van der Waals surface area contributed by atoms with Crippen LogP contribution in [0.2, 0.25) is 0 Å². The van der Waals surface area contributed by atoms with E-state index in [0.717, 1.165) is 38.1 Å². The van der Waals surface area contributed by atoms with Crippen LogP contribution in [0.4, 0.5) is 0 Å². The lowest BCUT2D eigenvalue weighted by Crippen LogP contribution is -2.41. The maximum absolute atomic E-state index is 12.2. The van der Waals surface area contributed by atoms with Crippen LogP contribution in [0.25, 0.3) is 0 Å². The first kappa shape index (κ1) is 16.4. The molecule has 1 aliphatic heterocycles. The lowest BCUT2D eigenvalue weighted by Gasteiger charge is -2.32. The van der Waals surface area contributed by atoms with Crippen LogP contribution in [0.15, 0.2) is 24.3 Å². The van der Waals surface area contributed by atoms with Gasteiger partial charge >= 0.3 is 0 Å². The van der Waals surface area contributed by atoms with Crippen molar-refractivity contribution in [3.05, 3.63) is 35.4 Å². The second kappa shape index (κ2) is 8.44. The SMILES string of the molecule is Cc1cccc(CSCC(=O)N2CCCC(CCO)C2)c1. The molecule has 1 atom stereocenters. The average Bonchev–Trinajstić information content (AvgIpc) is 2.48. The van der Waals surface area contributed by atoms with Crippen molar-refractivity contribution in [3.63, 3.8) is 0 Å². The summed E-state index contributed by atoms with van der Waals surface area (Å²) in [7, 11) is 0. The topological polar surface area (TPSA) is 40.5 Å². The summed E-state index contributed by atoms with van der Waals surface area (Å²) in [4.78, 5) is 14.2. The molecule has 1 aromatic carbocycles. The molecule has 0 aliphatic carbocycles. The highest BCUT2D eigenvalue weighted by Gasteiger charge is 2.22. The summed E-state index contributed by atoms with van der Waals surface area (Å²) in [6.45, 7) is 4.03. The van der Waals surface area contributed by atoms with Gasteiger partial charge in [0.15, 0.2) is 0 Å². The maximum atomic E-state index is 12.2. The van der Waals surface area contributed by atoms with Crippen LogP contribution < -0.4 is 0 Å². The van der Waals surface area contributed by atoms with E-state index in [-0.39, 0.29) is 12.5 Å². The second-order valence-corrected chi connectivity index (χ2v) is 6.83. The van der Waals surface area contributed by atoms with Gasteiger partial charge in [0.1, 0.15) is 0 Å². The highest BCUT2D eigenvalue weighted by Crippen LogP contribution is 2.21. The summed E-state index contributed by atoms with van der Waals surface area (Å²) in [5.41, 5.74) is 2.55. The van der Waals surface area contributed by atoms with Crippen LogP contribution in [-0.2, 0) is 10.5 Å². The first-order valence-corrected chi connectivity index (χ1v) is 8.86. The standard InChI is InChI=1S/C17H25NO2S/c1-14-4-2-5-16(10-14)12-21-13-17(20)18-8-3-6-15(11-18)7-9-19/h2,4-5,10,15,19H,3,6-9,11-13H2,1H3. The second-order valence-electron chi connectivity index (χ2n) is 5.84. The monoisotopic (exact) mass is 307 g/mol. The molecule has 1 unspecified atom stereocenters. The molecule has 0 bridgehead atoms. The summed E-state index contributed by atoms with van der Waals surface area (Å²) in [6, 6.07) is 8.45. The molecule has 116 valence electrons. The minimum Gasteiger partial charge on any atom is -0.396 e. The number of carbonyl (C=O) groups is 1. The van der Waals surface area contributed by atoms with Crippen LogP contribution in [0, 0.1) is 12.8 Å². The van der Waals surface area contributed by atoms with Gasteiger partial charge in [-0.15, -0.1) is 11.8 Å². The van der Waals surface area contributed by atoms with Gasteiger partial charge in [0.25, 0.3) is 0 Å². The largest absolute Gasteiger partial charge is 0.396 e. The smallest absolute Gasteiger partial charge is 0.232 e. The highest BCUT2D eigenvalue weighted by atomic mass is 32.2. The van der Waals surface area contributed by atoms with Crippen molar-refractivity contribution in [1.82, 2.24) is 4.90 Å². The third kappa shape index (κ3) is 5.36. The minimum atomic E-state index is 0.231. The molecule has 1 saturated heterocycles. The van der Waals surface area contributed by atoms with E-state index >= 15 is 0 Å². The Labute approximate surface area is 131 Å². The van der Waals surface area contributed by atoms with E-state index in [1.165, 1.54) is 11.1 Å². The van der Waals surface area contributed by atoms with Gasteiger partial charge in [-0.3, -0.25) is 4.79 Å². The Hall–Kier alpha value is -1.00. The number of aliphatic hydroxyl groups excluding tert-OH is 1. The molecule has 0 saturated carbocycles. The fourth-order valence-corrected chi connectivity index (χ4v) is 3.73. The third-order valence-electron chi connectivity index (χ3n) is 3.99. The van der Waals surface area contributed by atoms with Gasteiger partial charge in [0, 0.05) is 25.4 Å². The lowest BCUT2D eigenvalue weighted by atomic mass is 9.95. The van der Waals surface area contributed by atoms with Crippen molar-refractivity contribution in [2.24, 2.45) is 5.92 Å². The average molecular weight is 307 g/mol. The van der Waals surface area contributed by atoms with E-state index in [1.807, 2.05) is 4.90 Å². The predicted molar refractivity (Wildman–Crippen MR) is 88.3 cm³/mol. The third-order valence-corrected chi connectivity index (χ3v) is 4.97. The van der Waals surface area contributed by atoms with E-state index in [0.29, 0.717) is 11.7 Å². The number of rotatable bonds is 6. The van der Waals surface area contributed by atoms with Crippen molar-refractivity contribution in [1.29, 1.82) is 0 Å². The number of thioether (sulfide) groups is 1. The molecule has 1 aromatic rings. The zero-order valence-electron chi connectivity index (χ0n) is 12.8. The summed E-state index contributed by atoms with van der Waals surface area (Å²) >= 11 is 1.69. The summed E-state index contributed by atoms with van der Waals surface area (Å²) in [5.74, 6) is 2.17. The van der Waals surface area contributed by atoms with Crippen LogP contribution in [0.3, 0.4) is 0 Å². The number of amides is 1. The van der Waals surface area contributed by atoms with Gasteiger partial charge in [0.05, 0.1) is 5.75 Å². The van der Waals surface area contributed by atoms with Crippen LogP contribution >= 0.6 is 11.8 Å². The van der Waals surface area contributed by atoms with E-state index in [1.54, 1.807) is 11.8 Å². The number of carbonyl (C=O) groups excluding carboxylic acids is 1. The van der Waals surface area contributed by atoms with Gasteiger partial charge in [-0.2, -0.15) is 0 Å². The van der Waals surface area contributed by atoms with Gasteiger partial charge in [0.2, 0.25) is 5.91 Å². The van der Waals surface area contributed by atoms with Crippen LogP contribution in [0.5, 0.6) is 0 Å². The number of hydrogen-bond acceptors (Lipinski definition) is 3. The van der Waals surface area contributed by atoms with E-state index < -0.39 is 0 Å². The molecule has 21 heavy (non-hydrogen) atoms. The number of likely N-dealkylation sites (tertiary alicyclic amines) is 1. The Morgan fingerprint density at radius 3 is 3.10 bits per heavy atom. The van der Waals surface area contributed by atoms with Crippen LogP contribution in [-0.4, -0.2) is 41.4 Å². The predicted octanol–water partition coefficient (Wildman–Crippen LogP) is 2.85. The normalized spacial score (nSPS) is 18.8. The number of aliphatic hydroxyl groups is 1. The van der Waals surface area contributed by atoms with Gasteiger partial charge in [-0.25, -0.2) is 0 Å². The van der Waals surface area contributed by atoms with Gasteiger partial charge in [-0.1, -0.05) is 29.8 Å².